The van der Waals surface area contributed by atoms with Crippen molar-refractivity contribution in [3.8, 4) is 0 Å². The van der Waals surface area contributed by atoms with Crippen molar-refractivity contribution in [2.75, 3.05) is 31.5 Å². The summed E-state index contributed by atoms with van der Waals surface area (Å²) in [7, 11) is 0. The van der Waals surface area contributed by atoms with Gasteiger partial charge in [0.15, 0.2) is 24.1 Å². The van der Waals surface area contributed by atoms with Crippen molar-refractivity contribution in [1.82, 2.24) is 5.16 Å². The Kier molecular flexibility index (Phi) is 6.24. The van der Waals surface area contributed by atoms with Crippen LogP contribution in [0.2, 0.25) is 0 Å². The third-order valence-corrected chi connectivity index (χ3v) is 8.17. The van der Waals surface area contributed by atoms with Crippen LogP contribution in [0.3, 0.4) is 0 Å². The first-order valence-corrected chi connectivity index (χ1v) is 12.5. The van der Waals surface area contributed by atoms with Crippen LogP contribution in [0.1, 0.15) is 56.8 Å². The predicted molar refractivity (Wildman–Crippen MR) is 121 cm³/mol. The quantitative estimate of drug-likeness (QED) is 0.448. The number of furan rings is 1. The Morgan fingerprint density at radius 2 is 2.03 bits per heavy atom. The first kappa shape index (κ1) is 23.1. The van der Waals surface area contributed by atoms with Crippen LogP contribution in [-0.4, -0.2) is 58.9 Å². The lowest BCUT2D eigenvalue weighted by molar-refractivity contribution is -0.939. The van der Waals surface area contributed by atoms with E-state index < -0.39 is 11.6 Å². The zero-order valence-corrected chi connectivity index (χ0v) is 19.7. The molecule has 1 aliphatic carbocycles. The lowest BCUT2D eigenvalue weighted by Crippen LogP contribution is -2.66. The van der Waals surface area contributed by atoms with Gasteiger partial charge in [0, 0.05) is 42.7 Å². The monoisotopic (exact) mass is 472 g/mol. The molecule has 9 heteroatoms. The summed E-state index contributed by atoms with van der Waals surface area (Å²) in [6.07, 6.45) is 8.65. The molecule has 34 heavy (non-hydrogen) atoms. The number of aliphatic hydroxyl groups is 1. The first-order valence-electron chi connectivity index (χ1n) is 12.5. The topological polar surface area (TPSA) is 115 Å². The lowest BCUT2D eigenvalue weighted by atomic mass is 9.80. The highest BCUT2D eigenvalue weighted by Crippen LogP contribution is 2.43. The number of carbonyl (C=O) groups excluding carboxylic acids is 2. The number of aryl methyl sites for hydroxylation is 1. The van der Waals surface area contributed by atoms with E-state index in [0.717, 1.165) is 57.4 Å². The highest BCUT2D eigenvalue weighted by atomic mass is 16.6. The Morgan fingerprint density at radius 3 is 2.68 bits per heavy atom. The van der Waals surface area contributed by atoms with Crippen molar-refractivity contribution < 1.29 is 32.9 Å². The summed E-state index contributed by atoms with van der Waals surface area (Å²) in [5, 5.41) is 18.4. The van der Waals surface area contributed by atoms with Gasteiger partial charge in [-0.25, -0.2) is 4.79 Å². The van der Waals surface area contributed by atoms with E-state index in [0.29, 0.717) is 35.4 Å². The molecule has 1 unspecified atom stereocenters. The number of piperidine rings is 3. The molecule has 184 valence electrons. The molecule has 3 saturated heterocycles. The molecule has 2 N–H and O–H groups in total. The van der Waals surface area contributed by atoms with Gasteiger partial charge in [0.1, 0.15) is 12.3 Å². The second-order valence-corrected chi connectivity index (χ2v) is 10.3. The van der Waals surface area contributed by atoms with Gasteiger partial charge < -0.3 is 28.6 Å². The molecule has 6 rings (SSSR count). The van der Waals surface area contributed by atoms with Crippen LogP contribution in [0.25, 0.3) is 0 Å². The first-order chi connectivity index (χ1) is 16.4. The zero-order chi connectivity index (χ0) is 23.8. The van der Waals surface area contributed by atoms with Gasteiger partial charge in [0.2, 0.25) is 0 Å². The predicted octanol–water partition coefficient (Wildman–Crippen LogP) is 3.00. The van der Waals surface area contributed by atoms with E-state index in [-0.39, 0.29) is 23.8 Å². The molecule has 0 radical (unpaired) electrons. The van der Waals surface area contributed by atoms with Crippen molar-refractivity contribution in [3.05, 3.63) is 36.0 Å². The molecule has 3 aliphatic heterocycles. The summed E-state index contributed by atoms with van der Waals surface area (Å²) in [5.74, 6) is 0.520. The molecule has 0 spiro atoms. The minimum Gasteiger partial charge on any atom is -0.472 e. The molecule has 1 saturated carbocycles. The van der Waals surface area contributed by atoms with Gasteiger partial charge in [-0.15, -0.1) is 0 Å². The number of nitrogens with one attached hydrogen (secondary N) is 1. The zero-order valence-electron chi connectivity index (χ0n) is 19.7. The molecule has 4 aliphatic rings. The molecule has 2 aromatic rings. The van der Waals surface area contributed by atoms with E-state index in [1.165, 1.54) is 12.5 Å². The van der Waals surface area contributed by atoms with Gasteiger partial charge in [-0.05, 0) is 18.9 Å². The average Bonchev–Trinajstić information content (AvgIpc) is 3.62. The van der Waals surface area contributed by atoms with Crippen LogP contribution in [0.5, 0.6) is 0 Å². The Hall–Kier alpha value is -2.65. The number of nitrogens with zero attached hydrogens (tertiary/aromatic N) is 2. The Labute approximate surface area is 199 Å². The molecule has 0 aromatic carbocycles. The maximum atomic E-state index is 13.5. The fourth-order valence-corrected chi connectivity index (χ4v) is 6.17. The number of anilines is 1. The fourth-order valence-electron chi connectivity index (χ4n) is 6.17. The Bertz CT molecular complexity index is 1000. The van der Waals surface area contributed by atoms with Crippen LogP contribution < -0.4 is 5.32 Å². The number of rotatable bonds is 8. The smallest absolute Gasteiger partial charge is 0.343 e. The van der Waals surface area contributed by atoms with Gasteiger partial charge in [0.25, 0.3) is 5.91 Å². The van der Waals surface area contributed by atoms with E-state index in [2.05, 4.69) is 10.5 Å². The second kappa shape index (κ2) is 9.19. The van der Waals surface area contributed by atoms with Crippen molar-refractivity contribution in [3.63, 3.8) is 0 Å². The van der Waals surface area contributed by atoms with Gasteiger partial charge in [-0.2, -0.15) is 0 Å². The van der Waals surface area contributed by atoms with Crippen LogP contribution in [0.4, 0.5) is 5.82 Å². The van der Waals surface area contributed by atoms with Gasteiger partial charge in [0.05, 0.1) is 25.6 Å². The Morgan fingerprint density at radius 1 is 1.26 bits per heavy atom. The SMILES string of the molecule is CCc1cc(NC(=O)C[N+]23CCC(CC2)C(OC(=O)[C@](O)(c2ccoc2)C2CCCC2)C3)no1. The minimum atomic E-state index is -1.69. The molecular weight excluding hydrogens is 438 g/mol. The number of fused-ring (bicyclic) bond motifs is 3. The third kappa shape index (κ3) is 4.27. The summed E-state index contributed by atoms with van der Waals surface area (Å²) in [5.41, 5.74) is -1.23. The fraction of sp³-hybridized carbons (Fsp3) is 0.640. The number of aromatic nitrogens is 1. The highest BCUT2D eigenvalue weighted by Gasteiger charge is 2.53. The molecule has 9 nitrogen and oxygen atoms in total. The maximum Gasteiger partial charge on any atom is 0.343 e. The van der Waals surface area contributed by atoms with Crippen molar-refractivity contribution in [1.29, 1.82) is 0 Å². The number of ether oxygens (including phenoxy) is 1. The minimum absolute atomic E-state index is 0.123. The Balaban J connectivity index is 1.27. The van der Waals surface area contributed by atoms with E-state index in [9.17, 15) is 14.7 Å². The van der Waals surface area contributed by atoms with Crippen molar-refractivity contribution >= 4 is 17.7 Å². The van der Waals surface area contributed by atoms with Crippen molar-refractivity contribution in [2.24, 2.45) is 11.8 Å². The number of carbonyl (C=O) groups is 2. The lowest BCUT2D eigenvalue weighted by Gasteiger charge is -2.51. The molecule has 2 atom stereocenters. The summed E-state index contributed by atoms with van der Waals surface area (Å²) >= 11 is 0. The largest absolute Gasteiger partial charge is 0.472 e. The van der Waals surface area contributed by atoms with Crippen LogP contribution >= 0.6 is 0 Å². The number of quaternary nitrogens is 1. The van der Waals surface area contributed by atoms with Gasteiger partial charge >= 0.3 is 5.97 Å². The van der Waals surface area contributed by atoms with E-state index in [1.54, 1.807) is 12.1 Å². The molecule has 2 aromatic heterocycles. The average molecular weight is 473 g/mol. The van der Waals surface area contributed by atoms with Gasteiger partial charge in [-0.3, -0.25) is 4.79 Å². The van der Waals surface area contributed by atoms with E-state index in [4.69, 9.17) is 13.7 Å². The molecule has 5 heterocycles. The summed E-state index contributed by atoms with van der Waals surface area (Å²) in [6.45, 7) is 4.59. The second-order valence-electron chi connectivity index (χ2n) is 10.3. The number of hydrogen-bond donors (Lipinski definition) is 2. The van der Waals surface area contributed by atoms with E-state index >= 15 is 0 Å². The number of hydrogen-bond acceptors (Lipinski definition) is 7. The van der Waals surface area contributed by atoms with Crippen molar-refractivity contribution in [2.45, 2.75) is 63.6 Å². The standard InChI is InChI=1S/C25H33N3O6/c1-2-20-13-22(27-34-20)26-23(29)15-28-10-7-17(8-11-28)21(14-28)33-24(30)25(31,18-5-3-4-6-18)19-9-12-32-16-19/h9,12-13,16-18,21,31H,2-8,10-11,14-15H2,1H3/p+1/t17?,21?,25-,28?/m1/s1. The van der Waals surface area contributed by atoms with Gasteiger partial charge in [-0.1, -0.05) is 24.9 Å². The number of esters is 1. The van der Waals surface area contributed by atoms with Crippen LogP contribution in [-0.2, 0) is 26.3 Å². The summed E-state index contributed by atoms with van der Waals surface area (Å²) < 4.78 is 17.0. The molecule has 4 fully saturated rings. The highest BCUT2D eigenvalue weighted by molar-refractivity contribution is 5.90. The molecule has 2 bridgehead atoms. The summed E-state index contributed by atoms with van der Waals surface area (Å²) in [6, 6.07) is 3.40. The molecular formula is C25H34N3O6+. The third-order valence-electron chi connectivity index (χ3n) is 8.17. The summed E-state index contributed by atoms with van der Waals surface area (Å²) in [4.78, 5) is 26.3. The maximum absolute atomic E-state index is 13.5. The normalized spacial score (nSPS) is 28.5. The van der Waals surface area contributed by atoms with Crippen LogP contribution in [0.15, 0.2) is 33.6 Å². The number of amides is 1. The van der Waals surface area contributed by atoms with E-state index in [1.807, 2.05) is 6.92 Å². The van der Waals surface area contributed by atoms with Crippen LogP contribution in [0, 0.1) is 11.8 Å². The molecule has 1 amide bonds.